The number of hydrogen-bond acceptors (Lipinski definition) is 6. The lowest BCUT2D eigenvalue weighted by atomic mass is 10.1. The maximum atomic E-state index is 5.32. The molecule has 0 amide bonds. The van der Waals surface area contributed by atoms with Crippen LogP contribution in [-0.4, -0.2) is 31.2 Å². The van der Waals surface area contributed by atoms with Gasteiger partial charge in [0.2, 0.25) is 11.8 Å². The van der Waals surface area contributed by atoms with E-state index in [-0.39, 0.29) is 6.04 Å². The van der Waals surface area contributed by atoms with Crippen LogP contribution in [0.3, 0.4) is 0 Å². The van der Waals surface area contributed by atoms with Crippen molar-refractivity contribution in [3.8, 4) is 11.8 Å². The van der Waals surface area contributed by atoms with Crippen molar-refractivity contribution in [3.63, 3.8) is 0 Å². The zero-order valence-corrected chi connectivity index (χ0v) is 15.1. The first-order chi connectivity index (χ1) is 9.60. The topological polar surface area (TPSA) is 56.3 Å². The van der Waals surface area contributed by atoms with Gasteiger partial charge in [0, 0.05) is 5.56 Å². The van der Waals surface area contributed by atoms with E-state index in [4.69, 9.17) is 9.47 Å². The molecule has 2 rings (SSSR count). The van der Waals surface area contributed by atoms with E-state index in [0.29, 0.717) is 17.5 Å². The molecule has 0 aliphatic rings. The van der Waals surface area contributed by atoms with Gasteiger partial charge in [0.15, 0.2) is 0 Å². The molecule has 0 saturated carbocycles. The third kappa shape index (κ3) is 3.13. The van der Waals surface area contributed by atoms with E-state index in [2.05, 4.69) is 47.1 Å². The predicted octanol–water partition coefficient (Wildman–Crippen LogP) is 3.39. The fourth-order valence-electron chi connectivity index (χ4n) is 1.80. The first kappa shape index (κ1) is 15.7. The van der Waals surface area contributed by atoms with E-state index >= 15 is 0 Å². The van der Waals surface area contributed by atoms with Gasteiger partial charge in [-0.1, -0.05) is 0 Å². The van der Waals surface area contributed by atoms with Crippen LogP contribution in [0.2, 0.25) is 0 Å². The molecule has 2 aromatic rings. The molecule has 0 spiro atoms. The summed E-state index contributed by atoms with van der Waals surface area (Å²) in [5, 5.41) is 3.23. The molecule has 1 atom stereocenters. The Bertz CT molecular complexity index is 606. The number of rotatable bonds is 5. The highest BCUT2D eigenvalue weighted by Crippen LogP contribution is 2.39. The van der Waals surface area contributed by atoms with E-state index in [1.165, 1.54) is 0 Å². The molecule has 2 heterocycles. The summed E-state index contributed by atoms with van der Waals surface area (Å²) >= 11 is 8.66. The Balaban J connectivity index is 2.49. The highest BCUT2D eigenvalue weighted by Gasteiger charge is 2.23. The highest BCUT2D eigenvalue weighted by molar-refractivity contribution is 9.12. The molecular formula is C12H13Br2N3O2S. The van der Waals surface area contributed by atoms with Gasteiger partial charge in [0.25, 0.3) is 0 Å². The van der Waals surface area contributed by atoms with Crippen molar-refractivity contribution in [2.75, 3.05) is 21.3 Å². The number of methoxy groups -OCH3 is 2. The van der Waals surface area contributed by atoms with Gasteiger partial charge in [-0.2, -0.15) is 4.98 Å². The molecular weight excluding hydrogens is 410 g/mol. The molecule has 1 unspecified atom stereocenters. The van der Waals surface area contributed by atoms with Gasteiger partial charge in [0.1, 0.15) is 5.69 Å². The van der Waals surface area contributed by atoms with Crippen LogP contribution < -0.4 is 14.8 Å². The minimum absolute atomic E-state index is 0.125. The van der Waals surface area contributed by atoms with Crippen LogP contribution in [-0.2, 0) is 0 Å². The molecule has 0 bridgehead atoms. The minimum Gasteiger partial charge on any atom is -0.480 e. The smallest absolute Gasteiger partial charge is 0.240 e. The van der Waals surface area contributed by atoms with Crippen molar-refractivity contribution in [1.82, 2.24) is 15.3 Å². The monoisotopic (exact) mass is 421 g/mol. The summed E-state index contributed by atoms with van der Waals surface area (Å²) in [6.45, 7) is 0. The lowest BCUT2D eigenvalue weighted by Gasteiger charge is -2.17. The van der Waals surface area contributed by atoms with Crippen molar-refractivity contribution < 1.29 is 9.47 Å². The number of ether oxygens (including phenoxy) is 2. The van der Waals surface area contributed by atoms with Gasteiger partial charge in [-0.15, -0.1) is 11.3 Å². The Morgan fingerprint density at radius 2 is 2.05 bits per heavy atom. The summed E-state index contributed by atoms with van der Waals surface area (Å²) in [7, 11) is 4.98. The van der Waals surface area contributed by atoms with E-state index in [0.717, 1.165) is 13.1 Å². The molecule has 108 valence electrons. The Hall–Kier alpha value is -0.700. The second-order valence-electron chi connectivity index (χ2n) is 3.81. The van der Waals surface area contributed by atoms with E-state index in [9.17, 15) is 0 Å². The van der Waals surface area contributed by atoms with Crippen molar-refractivity contribution >= 4 is 43.2 Å². The van der Waals surface area contributed by atoms with Crippen molar-refractivity contribution in [3.05, 3.63) is 31.1 Å². The molecule has 2 aromatic heterocycles. The average molecular weight is 423 g/mol. The summed E-state index contributed by atoms with van der Waals surface area (Å²) in [4.78, 5) is 8.68. The lowest BCUT2D eigenvalue weighted by molar-refractivity contribution is 0.353. The van der Waals surface area contributed by atoms with Crippen LogP contribution in [0.5, 0.6) is 11.8 Å². The number of thiophene rings is 1. The van der Waals surface area contributed by atoms with Crippen LogP contribution in [0.4, 0.5) is 0 Å². The zero-order valence-electron chi connectivity index (χ0n) is 11.1. The maximum Gasteiger partial charge on any atom is 0.240 e. The van der Waals surface area contributed by atoms with E-state index in [1.807, 2.05) is 13.1 Å². The summed E-state index contributed by atoms with van der Waals surface area (Å²) in [5.74, 6) is 0.865. The maximum absolute atomic E-state index is 5.32. The number of halogens is 2. The van der Waals surface area contributed by atoms with E-state index < -0.39 is 0 Å². The first-order valence-electron chi connectivity index (χ1n) is 5.67. The van der Waals surface area contributed by atoms with Crippen LogP contribution >= 0.6 is 43.2 Å². The number of nitrogens with one attached hydrogen (secondary N) is 1. The quantitative estimate of drug-likeness (QED) is 0.800. The fraction of sp³-hybridized carbons (Fsp3) is 0.333. The minimum atomic E-state index is -0.125. The third-order valence-electron chi connectivity index (χ3n) is 2.70. The van der Waals surface area contributed by atoms with Crippen LogP contribution in [0.25, 0.3) is 0 Å². The predicted molar refractivity (Wildman–Crippen MR) is 85.8 cm³/mol. The SMILES string of the molecule is CNC(c1cc(Br)sc1Br)c1ncc(OC)nc1OC. The standard InChI is InChI=1S/C12H13Br2N3O2S/c1-15-9(6-4-7(13)20-11(6)14)10-12(19-3)17-8(18-2)5-16-10/h4-5,9,15H,1-3H3. The Morgan fingerprint density at radius 1 is 1.30 bits per heavy atom. The van der Waals surface area contributed by atoms with E-state index in [1.54, 1.807) is 31.8 Å². The summed E-state index contributed by atoms with van der Waals surface area (Å²) < 4.78 is 12.5. The Labute approximate surface area is 138 Å². The molecule has 20 heavy (non-hydrogen) atoms. The molecule has 0 aliphatic heterocycles. The summed E-state index contributed by atoms with van der Waals surface area (Å²) in [5.41, 5.74) is 1.78. The van der Waals surface area contributed by atoms with Gasteiger partial charge in [0.05, 0.1) is 34.0 Å². The molecule has 1 N–H and O–H groups in total. The molecule has 0 fully saturated rings. The largest absolute Gasteiger partial charge is 0.480 e. The third-order valence-corrected chi connectivity index (χ3v) is 5.09. The number of aromatic nitrogens is 2. The van der Waals surface area contributed by atoms with Crippen LogP contribution in [0.15, 0.2) is 19.8 Å². The second-order valence-corrected chi connectivity index (χ2v) is 7.56. The molecule has 8 heteroatoms. The fourth-order valence-corrected chi connectivity index (χ4v) is 4.70. The zero-order chi connectivity index (χ0) is 14.7. The van der Waals surface area contributed by atoms with Crippen LogP contribution in [0.1, 0.15) is 17.3 Å². The normalized spacial score (nSPS) is 12.2. The molecule has 0 aliphatic carbocycles. The molecule has 0 aromatic carbocycles. The van der Waals surface area contributed by atoms with Crippen molar-refractivity contribution in [1.29, 1.82) is 0 Å². The Kier molecular flexibility index (Phi) is 5.36. The lowest BCUT2D eigenvalue weighted by Crippen LogP contribution is -2.20. The molecule has 0 saturated heterocycles. The summed E-state index contributed by atoms with van der Waals surface area (Å²) in [6.07, 6.45) is 1.58. The number of nitrogens with zero attached hydrogens (tertiary/aromatic N) is 2. The van der Waals surface area contributed by atoms with Crippen molar-refractivity contribution in [2.24, 2.45) is 0 Å². The highest BCUT2D eigenvalue weighted by atomic mass is 79.9. The average Bonchev–Trinajstić information content (AvgIpc) is 2.79. The summed E-state index contributed by atoms with van der Waals surface area (Å²) in [6, 6.07) is 1.92. The number of hydrogen-bond donors (Lipinski definition) is 1. The Morgan fingerprint density at radius 3 is 2.55 bits per heavy atom. The first-order valence-corrected chi connectivity index (χ1v) is 8.07. The second kappa shape index (κ2) is 6.84. The van der Waals surface area contributed by atoms with Crippen LogP contribution in [0, 0.1) is 0 Å². The van der Waals surface area contributed by atoms with Gasteiger partial charge in [-0.05, 0) is 45.0 Å². The molecule has 0 radical (unpaired) electrons. The van der Waals surface area contributed by atoms with Gasteiger partial charge in [-0.25, -0.2) is 4.98 Å². The van der Waals surface area contributed by atoms with Gasteiger partial charge >= 0.3 is 0 Å². The molecule has 5 nitrogen and oxygen atoms in total. The van der Waals surface area contributed by atoms with Gasteiger partial charge < -0.3 is 14.8 Å². The van der Waals surface area contributed by atoms with Gasteiger partial charge in [-0.3, -0.25) is 0 Å². The van der Waals surface area contributed by atoms with Crippen molar-refractivity contribution in [2.45, 2.75) is 6.04 Å².